The number of amides is 2. The Bertz CT molecular complexity index is 977. The zero-order valence-corrected chi connectivity index (χ0v) is 14.6. The van der Waals surface area contributed by atoms with Gasteiger partial charge in [-0.3, -0.25) is 14.5 Å². The number of rotatable bonds is 5. The lowest BCUT2D eigenvalue weighted by atomic mass is 10.1. The highest BCUT2D eigenvalue weighted by Gasteiger charge is 2.35. The van der Waals surface area contributed by atoms with Gasteiger partial charge >= 0.3 is 0 Å². The van der Waals surface area contributed by atoms with Gasteiger partial charge in [0, 0.05) is 17.5 Å². The zero-order chi connectivity index (χ0) is 18.1. The monoisotopic (exact) mass is 344 g/mol. The fourth-order valence-corrected chi connectivity index (χ4v) is 3.56. The van der Waals surface area contributed by atoms with Crippen molar-refractivity contribution in [2.24, 2.45) is 0 Å². The van der Waals surface area contributed by atoms with Gasteiger partial charge < -0.3 is 5.32 Å². The summed E-state index contributed by atoms with van der Waals surface area (Å²) in [5, 5.41) is 4.91. The van der Waals surface area contributed by atoms with Gasteiger partial charge in [0.15, 0.2) is 0 Å². The van der Waals surface area contributed by atoms with Crippen LogP contribution in [-0.2, 0) is 11.2 Å². The highest BCUT2D eigenvalue weighted by atomic mass is 16.2. The first-order chi connectivity index (χ1) is 12.7. The van der Waals surface area contributed by atoms with E-state index in [1.54, 1.807) is 11.8 Å². The molecular formula is C22H20N2O2. The van der Waals surface area contributed by atoms with Crippen molar-refractivity contribution in [1.82, 2.24) is 5.32 Å². The minimum atomic E-state index is -0.559. The summed E-state index contributed by atoms with van der Waals surface area (Å²) < 4.78 is 0. The van der Waals surface area contributed by atoms with Gasteiger partial charge in [-0.15, -0.1) is 0 Å². The second kappa shape index (κ2) is 6.64. The van der Waals surface area contributed by atoms with Gasteiger partial charge in [-0.1, -0.05) is 54.6 Å². The number of hydrogen-bond donors (Lipinski definition) is 1. The summed E-state index contributed by atoms with van der Waals surface area (Å²) in [7, 11) is 0. The van der Waals surface area contributed by atoms with Gasteiger partial charge in [-0.25, -0.2) is 0 Å². The molecule has 0 radical (unpaired) electrons. The molecule has 1 heterocycles. The molecule has 4 rings (SSSR count). The topological polar surface area (TPSA) is 49.4 Å². The lowest BCUT2D eigenvalue weighted by molar-refractivity contribution is -0.121. The summed E-state index contributed by atoms with van der Waals surface area (Å²) in [6.07, 6.45) is 0.767. The smallest absolute Gasteiger partial charge is 0.259 e. The largest absolute Gasteiger partial charge is 0.354 e. The fraction of sp³-hybridized carbons (Fsp3) is 0.182. The molecule has 2 amide bonds. The number of carbonyl (C=O) groups excluding carboxylic acids is 2. The standard InChI is InChI=1S/C22H20N2O2/c1-15(21(25)23-14-13-16-7-3-2-4-8-16)24-19-12-6-10-17-9-5-11-18(20(17)19)22(24)26/h2-12,15H,13-14H2,1H3,(H,23,25)/t15-/m1/s1. The molecule has 0 saturated heterocycles. The third-order valence-corrected chi connectivity index (χ3v) is 4.91. The molecule has 0 aliphatic carbocycles. The molecule has 0 fully saturated rings. The Morgan fingerprint density at radius 2 is 1.73 bits per heavy atom. The molecule has 130 valence electrons. The molecule has 3 aromatic carbocycles. The number of nitrogens with one attached hydrogen (secondary N) is 1. The van der Waals surface area contributed by atoms with E-state index in [0.717, 1.165) is 22.9 Å². The summed E-state index contributed by atoms with van der Waals surface area (Å²) in [4.78, 5) is 27.1. The van der Waals surface area contributed by atoms with E-state index in [0.29, 0.717) is 12.1 Å². The van der Waals surface area contributed by atoms with Crippen molar-refractivity contribution in [3.05, 3.63) is 77.9 Å². The minimum Gasteiger partial charge on any atom is -0.354 e. The predicted molar refractivity (Wildman–Crippen MR) is 103 cm³/mol. The normalized spacial score (nSPS) is 13.9. The van der Waals surface area contributed by atoms with Gasteiger partial charge in [0.05, 0.1) is 5.69 Å². The Morgan fingerprint density at radius 3 is 2.50 bits per heavy atom. The molecule has 4 nitrogen and oxygen atoms in total. The number of carbonyl (C=O) groups is 2. The van der Waals surface area contributed by atoms with Crippen LogP contribution < -0.4 is 10.2 Å². The average molecular weight is 344 g/mol. The van der Waals surface area contributed by atoms with E-state index in [-0.39, 0.29) is 11.8 Å². The third-order valence-electron chi connectivity index (χ3n) is 4.91. The molecule has 26 heavy (non-hydrogen) atoms. The first kappa shape index (κ1) is 16.3. The van der Waals surface area contributed by atoms with Gasteiger partial charge in [0.2, 0.25) is 5.91 Å². The van der Waals surface area contributed by atoms with Crippen LogP contribution in [0.15, 0.2) is 66.7 Å². The summed E-state index contributed by atoms with van der Waals surface area (Å²) in [6, 6.07) is 21.0. The van der Waals surface area contributed by atoms with Crippen LogP contribution in [0.4, 0.5) is 5.69 Å². The van der Waals surface area contributed by atoms with Crippen molar-refractivity contribution in [3.8, 4) is 0 Å². The quantitative estimate of drug-likeness (QED) is 0.769. The zero-order valence-electron chi connectivity index (χ0n) is 14.6. The predicted octanol–water partition coefficient (Wildman–Crippen LogP) is 3.55. The van der Waals surface area contributed by atoms with E-state index in [1.807, 2.05) is 66.7 Å². The number of anilines is 1. The number of benzene rings is 3. The lowest BCUT2D eigenvalue weighted by Gasteiger charge is -2.24. The molecule has 0 unspecified atom stereocenters. The van der Waals surface area contributed by atoms with Crippen molar-refractivity contribution in [1.29, 1.82) is 0 Å². The van der Waals surface area contributed by atoms with Crippen LogP contribution in [0.1, 0.15) is 22.8 Å². The highest BCUT2D eigenvalue weighted by molar-refractivity contribution is 6.26. The van der Waals surface area contributed by atoms with Crippen LogP contribution in [0.2, 0.25) is 0 Å². The van der Waals surface area contributed by atoms with E-state index in [9.17, 15) is 9.59 Å². The third kappa shape index (κ3) is 2.73. The van der Waals surface area contributed by atoms with Crippen molar-refractivity contribution in [3.63, 3.8) is 0 Å². The van der Waals surface area contributed by atoms with Crippen LogP contribution in [0.25, 0.3) is 10.8 Å². The van der Waals surface area contributed by atoms with E-state index < -0.39 is 6.04 Å². The molecule has 1 aliphatic rings. The Balaban J connectivity index is 1.50. The van der Waals surface area contributed by atoms with Gasteiger partial charge in [0.1, 0.15) is 6.04 Å². The summed E-state index contributed by atoms with van der Waals surface area (Å²) in [5.41, 5.74) is 2.66. The maximum atomic E-state index is 12.9. The second-order valence-electron chi connectivity index (χ2n) is 6.56. The summed E-state index contributed by atoms with van der Waals surface area (Å²) >= 11 is 0. The second-order valence-corrected chi connectivity index (χ2v) is 6.56. The maximum absolute atomic E-state index is 12.9. The van der Waals surface area contributed by atoms with Crippen molar-refractivity contribution < 1.29 is 9.59 Å². The van der Waals surface area contributed by atoms with Gasteiger partial charge in [-0.2, -0.15) is 0 Å². The first-order valence-electron chi connectivity index (χ1n) is 8.84. The molecule has 0 spiro atoms. The van der Waals surface area contributed by atoms with E-state index in [1.165, 1.54) is 5.56 Å². The molecule has 1 N–H and O–H groups in total. The van der Waals surface area contributed by atoms with Gasteiger partial charge in [-0.05, 0) is 36.4 Å². The fourth-order valence-electron chi connectivity index (χ4n) is 3.56. The molecule has 1 aliphatic heterocycles. The van der Waals surface area contributed by atoms with Crippen LogP contribution in [0.3, 0.4) is 0 Å². The van der Waals surface area contributed by atoms with Crippen molar-refractivity contribution in [2.75, 3.05) is 11.4 Å². The molecule has 0 aromatic heterocycles. The SMILES string of the molecule is C[C@H](C(=O)NCCc1ccccc1)N1C(=O)c2cccc3cccc1c23. The van der Waals surface area contributed by atoms with E-state index in [2.05, 4.69) is 5.32 Å². The van der Waals surface area contributed by atoms with Crippen LogP contribution in [0, 0.1) is 0 Å². The maximum Gasteiger partial charge on any atom is 0.259 e. The Kier molecular flexibility index (Phi) is 4.17. The molecule has 3 aromatic rings. The average Bonchev–Trinajstić information content (AvgIpc) is 2.96. The number of hydrogen-bond acceptors (Lipinski definition) is 2. The Morgan fingerprint density at radius 1 is 1.00 bits per heavy atom. The van der Waals surface area contributed by atoms with Crippen LogP contribution >= 0.6 is 0 Å². The van der Waals surface area contributed by atoms with Crippen LogP contribution in [-0.4, -0.2) is 24.4 Å². The molecule has 0 bridgehead atoms. The Hall–Kier alpha value is -3.14. The Labute approximate surface area is 152 Å². The van der Waals surface area contributed by atoms with E-state index >= 15 is 0 Å². The molecule has 0 saturated carbocycles. The highest BCUT2D eigenvalue weighted by Crippen LogP contribution is 2.38. The molecule has 4 heteroatoms. The van der Waals surface area contributed by atoms with Crippen molar-refractivity contribution >= 4 is 28.3 Å². The van der Waals surface area contributed by atoms with E-state index in [4.69, 9.17) is 0 Å². The lowest BCUT2D eigenvalue weighted by Crippen LogP contribution is -2.47. The number of nitrogens with zero attached hydrogens (tertiary/aromatic N) is 1. The van der Waals surface area contributed by atoms with Crippen molar-refractivity contribution in [2.45, 2.75) is 19.4 Å². The summed E-state index contributed by atoms with van der Waals surface area (Å²) in [5.74, 6) is -0.249. The molecular weight excluding hydrogens is 324 g/mol. The summed E-state index contributed by atoms with van der Waals surface area (Å²) in [6.45, 7) is 2.33. The van der Waals surface area contributed by atoms with Gasteiger partial charge in [0.25, 0.3) is 5.91 Å². The van der Waals surface area contributed by atoms with Crippen LogP contribution in [0.5, 0.6) is 0 Å². The molecule has 1 atom stereocenters. The minimum absolute atomic E-state index is 0.109. The first-order valence-corrected chi connectivity index (χ1v) is 8.84.